The van der Waals surface area contributed by atoms with Crippen molar-refractivity contribution in [2.24, 2.45) is 23.2 Å². The zero-order valence-corrected chi connectivity index (χ0v) is 13.7. The first kappa shape index (κ1) is 14.8. The van der Waals surface area contributed by atoms with Gasteiger partial charge in [0.25, 0.3) is 0 Å². The predicted octanol–water partition coefficient (Wildman–Crippen LogP) is 4.10. The molecule has 4 aliphatic carbocycles. The van der Waals surface area contributed by atoms with Crippen LogP contribution in [0.5, 0.6) is 0 Å². The van der Waals surface area contributed by atoms with Crippen molar-refractivity contribution in [3.63, 3.8) is 0 Å². The first-order chi connectivity index (χ1) is 9.14. The fraction of sp³-hybridized carbons (Fsp3) is 1.00. The van der Waals surface area contributed by atoms with Gasteiger partial charge >= 0.3 is 0 Å². The minimum Gasteiger partial charge on any atom is -0.227 e. The molecule has 0 N–H and O–H groups in total. The van der Waals surface area contributed by atoms with Crippen LogP contribution in [-0.4, -0.2) is 18.7 Å². The van der Waals surface area contributed by atoms with Crippen LogP contribution in [0, 0.1) is 23.2 Å². The van der Waals surface area contributed by atoms with Crippen molar-refractivity contribution < 1.29 is 12.8 Å². The number of halogens is 1. The molecule has 0 aliphatic heterocycles. The van der Waals surface area contributed by atoms with Crippen molar-refractivity contribution in [3.8, 4) is 0 Å². The summed E-state index contributed by atoms with van der Waals surface area (Å²) in [5.41, 5.74) is -0.0276. The van der Waals surface area contributed by atoms with Crippen molar-refractivity contribution >= 4 is 9.84 Å². The van der Waals surface area contributed by atoms with Crippen LogP contribution in [0.4, 0.5) is 4.39 Å². The molecule has 0 radical (unpaired) electrons. The van der Waals surface area contributed by atoms with E-state index < -0.39 is 20.1 Å². The van der Waals surface area contributed by atoms with E-state index in [4.69, 9.17) is 0 Å². The highest BCUT2D eigenvalue weighted by molar-refractivity contribution is 7.93. The molecule has 1 atom stereocenters. The van der Waals surface area contributed by atoms with Crippen molar-refractivity contribution in [2.45, 2.75) is 76.0 Å². The third-order valence-electron chi connectivity index (χ3n) is 6.07. The fourth-order valence-electron chi connectivity index (χ4n) is 5.77. The molecular weight excluding hydrogens is 275 g/mol. The average molecular weight is 302 g/mol. The minimum absolute atomic E-state index is 0.0276. The first-order valence-electron chi connectivity index (χ1n) is 8.06. The van der Waals surface area contributed by atoms with Crippen LogP contribution in [0.2, 0.25) is 0 Å². The summed E-state index contributed by atoms with van der Waals surface area (Å²) in [7, 11) is -3.69. The summed E-state index contributed by atoms with van der Waals surface area (Å²) in [5, 5.41) is -2.70. The van der Waals surface area contributed by atoms with Crippen molar-refractivity contribution in [1.82, 2.24) is 0 Å². The zero-order chi connectivity index (χ0) is 14.8. The summed E-state index contributed by atoms with van der Waals surface area (Å²) in [6.45, 7) is 4.49. The van der Waals surface area contributed by atoms with E-state index in [0.29, 0.717) is 0 Å². The Morgan fingerprint density at radius 1 is 1.10 bits per heavy atom. The predicted molar refractivity (Wildman–Crippen MR) is 78.8 cm³/mol. The lowest BCUT2D eigenvalue weighted by Crippen LogP contribution is -2.50. The molecule has 4 saturated carbocycles. The summed E-state index contributed by atoms with van der Waals surface area (Å²) in [4.78, 5) is 0. The number of hydrogen-bond donors (Lipinski definition) is 0. The monoisotopic (exact) mass is 302 g/mol. The molecular formula is C16H27FO2S. The average Bonchev–Trinajstić information content (AvgIpc) is 2.24. The van der Waals surface area contributed by atoms with Crippen LogP contribution in [0.1, 0.15) is 65.7 Å². The Hall–Kier alpha value is -0.120. The van der Waals surface area contributed by atoms with Gasteiger partial charge in [-0.15, -0.1) is 0 Å². The molecule has 4 rings (SSSR count). The Morgan fingerprint density at radius 2 is 1.50 bits per heavy atom. The van der Waals surface area contributed by atoms with Gasteiger partial charge in [-0.05, 0) is 82.5 Å². The lowest BCUT2D eigenvalue weighted by atomic mass is 9.48. The molecule has 4 bridgehead atoms. The Morgan fingerprint density at radius 3 is 1.85 bits per heavy atom. The maximum absolute atomic E-state index is 15.0. The van der Waals surface area contributed by atoms with Crippen molar-refractivity contribution in [3.05, 3.63) is 0 Å². The molecule has 0 amide bonds. The maximum atomic E-state index is 15.0. The van der Waals surface area contributed by atoms with E-state index >= 15 is 4.39 Å². The zero-order valence-electron chi connectivity index (χ0n) is 12.9. The lowest BCUT2D eigenvalue weighted by molar-refractivity contribution is -0.0706. The molecule has 20 heavy (non-hydrogen) atoms. The Bertz CT molecular complexity index is 457. The molecule has 0 aromatic rings. The van der Waals surface area contributed by atoms with Crippen LogP contribution in [0.3, 0.4) is 0 Å². The molecule has 0 spiro atoms. The smallest absolute Gasteiger partial charge is 0.208 e. The van der Waals surface area contributed by atoms with Gasteiger partial charge in [-0.1, -0.05) is 0 Å². The molecule has 0 saturated heterocycles. The standard InChI is InChI=1S/C16H27FO2S/c1-11(2)20(18,19)15(3,17)10-16-7-12-4-13(8-16)6-14(5-12)9-16/h11-14H,4-10H2,1-3H3. The van der Waals surface area contributed by atoms with Crippen LogP contribution >= 0.6 is 0 Å². The van der Waals surface area contributed by atoms with Gasteiger partial charge in [-0.2, -0.15) is 0 Å². The molecule has 4 heteroatoms. The third-order valence-corrected chi connectivity index (χ3v) is 8.64. The van der Waals surface area contributed by atoms with E-state index in [2.05, 4.69) is 0 Å². The van der Waals surface area contributed by atoms with E-state index in [9.17, 15) is 8.42 Å². The van der Waals surface area contributed by atoms with Gasteiger partial charge in [-0.3, -0.25) is 0 Å². The van der Waals surface area contributed by atoms with Gasteiger partial charge in [0.15, 0.2) is 9.84 Å². The Labute approximate surface area is 122 Å². The van der Waals surface area contributed by atoms with Gasteiger partial charge in [0, 0.05) is 6.42 Å². The molecule has 4 aliphatic rings. The van der Waals surface area contributed by atoms with Crippen molar-refractivity contribution in [2.75, 3.05) is 0 Å². The quantitative estimate of drug-likeness (QED) is 0.783. The van der Waals surface area contributed by atoms with Gasteiger partial charge in [0.2, 0.25) is 5.00 Å². The van der Waals surface area contributed by atoms with E-state index in [1.54, 1.807) is 13.8 Å². The molecule has 1 unspecified atom stereocenters. The van der Waals surface area contributed by atoms with Gasteiger partial charge in [-0.25, -0.2) is 12.8 Å². The van der Waals surface area contributed by atoms with E-state index in [1.165, 1.54) is 26.2 Å². The summed E-state index contributed by atoms with van der Waals surface area (Å²) in [6.07, 6.45) is 7.33. The second-order valence-electron chi connectivity index (χ2n) is 8.29. The molecule has 0 aromatic carbocycles. The van der Waals surface area contributed by atoms with Crippen LogP contribution in [0.15, 0.2) is 0 Å². The summed E-state index contributed by atoms with van der Waals surface area (Å²) in [6, 6.07) is 0. The summed E-state index contributed by atoms with van der Waals surface area (Å²) >= 11 is 0. The van der Waals surface area contributed by atoms with E-state index in [-0.39, 0.29) is 11.8 Å². The largest absolute Gasteiger partial charge is 0.227 e. The lowest BCUT2D eigenvalue weighted by Gasteiger charge is -2.58. The van der Waals surface area contributed by atoms with Crippen molar-refractivity contribution in [1.29, 1.82) is 0 Å². The number of rotatable bonds is 4. The van der Waals surface area contributed by atoms with Gasteiger partial charge in [0.1, 0.15) is 0 Å². The first-order valence-corrected chi connectivity index (χ1v) is 9.61. The highest BCUT2D eigenvalue weighted by atomic mass is 32.2. The normalized spacial score (nSPS) is 43.0. The summed E-state index contributed by atoms with van der Waals surface area (Å²) < 4.78 is 39.6. The molecule has 0 aromatic heterocycles. The van der Waals surface area contributed by atoms with Crippen LogP contribution in [0.25, 0.3) is 0 Å². The van der Waals surface area contributed by atoms with Crippen LogP contribution < -0.4 is 0 Å². The second-order valence-corrected chi connectivity index (χ2v) is 11.2. The van der Waals surface area contributed by atoms with E-state index in [0.717, 1.165) is 37.0 Å². The Balaban J connectivity index is 1.84. The number of sulfone groups is 1. The van der Waals surface area contributed by atoms with Gasteiger partial charge in [0.05, 0.1) is 5.25 Å². The van der Waals surface area contributed by atoms with E-state index in [1.807, 2.05) is 0 Å². The number of hydrogen-bond acceptors (Lipinski definition) is 2. The molecule has 4 fully saturated rings. The molecule has 0 heterocycles. The maximum Gasteiger partial charge on any atom is 0.208 e. The number of alkyl halides is 1. The molecule has 116 valence electrons. The molecule has 2 nitrogen and oxygen atoms in total. The van der Waals surface area contributed by atoms with Gasteiger partial charge < -0.3 is 0 Å². The highest BCUT2D eigenvalue weighted by Gasteiger charge is 2.55. The topological polar surface area (TPSA) is 34.1 Å². The summed E-state index contributed by atoms with van der Waals surface area (Å²) in [5.74, 6) is 2.21. The van der Waals surface area contributed by atoms with Crippen LogP contribution in [-0.2, 0) is 9.84 Å². The minimum atomic E-state index is -3.69. The SMILES string of the molecule is CC(C)S(=O)(=O)C(C)(F)CC12CC3CC(CC(C3)C1)C2. The fourth-order valence-corrected chi connectivity index (χ4v) is 7.26. The Kier molecular flexibility index (Phi) is 3.28. The second kappa shape index (κ2) is 4.44. The third kappa shape index (κ3) is 2.22. The highest BCUT2D eigenvalue weighted by Crippen LogP contribution is 2.63.